The van der Waals surface area contributed by atoms with Crippen molar-refractivity contribution in [3.8, 4) is 0 Å². The summed E-state index contributed by atoms with van der Waals surface area (Å²) >= 11 is 1.20. The zero-order valence-electron chi connectivity index (χ0n) is 15.8. The van der Waals surface area contributed by atoms with Crippen molar-refractivity contribution in [1.82, 2.24) is 10.9 Å². The summed E-state index contributed by atoms with van der Waals surface area (Å²) in [7, 11) is 0. The largest absolute Gasteiger partial charge is 0.452 e. The minimum Gasteiger partial charge on any atom is -0.452 e. The van der Waals surface area contributed by atoms with Gasteiger partial charge in [0, 0.05) is 22.3 Å². The molecule has 1 aromatic heterocycles. The molecule has 0 saturated heterocycles. The molecule has 2 aromatic carbocycles. The third-order valence-corrected chi connectivity index (χ3v) is 5.44. The first kappa shape index (κ1) is 20.2. The molecule has 3 aromatic rings. The summed E-state index contributed by atoms with van der Waals surface area (Å²) < 4.78 is 4.99. The third kappa shape index (κ3) is 3.86. The number of hydrogen-bond acceptors (Lipinski definition) is 7. The van der Waals surface area contributed by atoms with Crippen LogP contribution in [0.3, 0.4) is 0 Å². The first-order valence-corrected chi connectivity index (χ1v) is 9.96. The molecule has 31 heavy (non-hydrogen) atoms. The van der Waals surface area contributed by atoms with Gasteiger partial charge in [-0.05, 0) is 17.5 Å². The summed E-state index contributed by atoms with van der Waals surface area (Å²) in [6.07, 6.45) is 0. The average Bonchev–Trinajstić information content (AvgIpc) is 3.34. The van der Waals surface area contributed by atoms with Gasteiger partial charge in [0.15, 0.2) is 18.2 Å². The molecule has 0 unspecified atom stereocenters. The summed E-state index contributed by atoms with van der Waals surface area (Å²) in [6.45, 7) is -0.689. The Morgan fingerprint density at radius 3 is 2.23 bits per heavy atom. The van der Waals surface area contributed by atoms with Gasteiger partial charge < -0.3 is 4.74 Å². The van der Waals surface area contributed by atoms with E-state index in [-0.39, 0.29) is 33.6 Å². The van der Waals surface area contributed by atoms with Gasteiger partial charge >= 0.3 is 5.97 Å². The number of rotatable bonds is 4. The van der Waals surface area contributed by atoms with Crippen molar-refractivity contribution >= 4 is 40.7 Å². The van der Waals surface area contributed by atoms with E-state index in [1.165, 1.54) is 35.6 Å². The Hall–Kier alpha value is -4.11. The number of ketones is 2. The number of ether oxygens (including phenoxy) is 1. The summed E-state index contributed by atoms with van der Waals surface area (Å²) in [4.78, 5) is 62.3. The van der Waals surface area contributed by atoms with Crippen LogP contribution in [-0.4, -0.2) is 36.0 Å². The highest BCUT2D eigenvalue weighted by atomic mass is 32.1. The average molecular weight is 434 g/mol. The number of hydrazine groups is 1. The smallest absolute Gasteiger partial charge is 0.339 e. The highest BCUT2D eigenvalue weighted by Crippen LogP contribution is 2.29. The lowest BCUT2D eigenvalue weighted by Gasteiger charge is -2.19. The lowest BCUT2D eigenvalue weighted by molar-refractivity contribution is -0.125. The highest BCUT2D eigenvalue weighted by Gasteiger charge is 2.33. The van der Waals surface area contributed by atoms with Crippen LogP contribution in [0.25, 0.3) is 0 Å². The monoisotopic (exact) mass is 434 g/mol. The molecule has 8 nitrogen and oxygen atoms in total. The number of thiophene rings is 1. The maximum absolute atomic E-state index is 12.9. The van der Waals surface area contributed by atoms with Crippen molar-refractivity contribution in [1.29, 1.82) is 0 Å². The summed E-state index contributed by atoms with van der Waals surface area (Å²) in [5.74, 6) is -3.04. The van der Waals surface area contributed by atoms with Gasteiger partial charge in [0.25, 0.3) is 11.8 Å². The van der Waals surface area contributed by atoms with Crippen molar-refractivity contribution in [3.63, 3.8) is 0 Å². The summed E-state index contributed by atoms with van der Waals surface area (Å²) in [5.41, 5.74) is 4.75. The third-order valence-electron chi connectivity index (χ3n) is 4.57. The highest BCUT2D eigenvalue weighted by molar-refractivity contribution is 7.12. The second kappa shape index (κ2) is 8.33. The maximum Gasteiger partial charge on any atom is 0.339 e. The molecule has 2 amide bonds. The Bertz CT molecular complexity index is 1230. The Balaban J connectivity index is 1.45. The SMILES string of the molecule is O=C(COC(=O)c1cccc2c1C(=O)c1ccccc1C2=O)NNC(=O)c1cccs1. The second-order valence-electron chi connectivity index (χ2n) is 6.49. The number of esters is 1. The number of amides is 2. The van der Waals surface area contributed by atoms with E-state index in [9.17, 15) is 24.0 Å². The number of carbonyl (C=O) groups excluding carboxylic acids is 5. The van der Waals surface area contributed by atoms with Crippen molar-refractivity contribution in [2.24, 2.45) is 0 Å². The summed E-state index contributed by atoms with van der Waals surface area (Å²) in [6, 6.07) is 13.9. The van der Waals surface area contributed by atoms with Crippen molar-refractivity contribution in [3.05, 3.63) is 92.7 Å². The van der Waals surface area contributed by atoms with E-state index in [1.54, 1.807) is 35.7 Å². The van der Waals surface area contributed by atoms with Gasteiger partial charge in [-0.15, -0.1) is 11.3 Å². The topological polar surface area (TPSA) is 119 Å². The van der Waals surface area contributed by atoms with Gasteiger partial charge in [-0.1, -0.05) is 42.5 Å². The summed E-state index contributed by atoms with van der Waals surface area (Å²) in [5, 5.41) is 1.71. The lowest BCUT2D eigenvalue weighted by atomic mass is 9.82. The van der Waals surface area contributed by atoms with Gasteiger partial charge in [-0.25, -0.2) is 4.79 Å². The maximum atomic E-state index is 12.9. The van der Waals surface area contributed by atoms with Crippen LogP contribution in [0.15, 0.2) is 60.0 Å². The minimum absolute atomic E-state index is 0.0531. The molecule has 0 aliphatic heterocycles. The molecule has 4 rings (SSSR count). The zero-order valence-corrected chi connectivity index (χ0v) is 16.7. The van der Waals surface area contributed by atoms with Crippen LogP contribution in [0.1, 0.15) is 51.9 Å². The van der Waals surface area contributed by atoms with Crippen LogP contribution in [0, 0.1) is 0 Å². The Labute approximate surface area is 179 Å². The minimum atomic E-state index is -0.933. The second-order valence-corrected chi connectivity index (χ2v) is 7.44. The lowest BCUT2D eigenvalue weighted by Crippen LogP contribution is -2.43. The molecule has 0 saturated carbocycles. The molecule has 0 radical (unpaired) electrons. The van der Waals surface area contributed by atoms with E-state index in [4.69, 9.17) is 4.74 Å². The number of carbonyl (C=O) groups is 5. The fourth-order valence-corrected chi connectivity index (χ4v) is 3.77. The van der Waals surface area contributed by atoms with Crippen LogP contribution < -0.4 is 10.9 Å². The van der Waals surface area contributed by atoms with E-state index in [0.29, 0.717) is 4.88 Å². The van der Waals surface area contributed by atoms with E-state index in [0.717, 1.165) is 0 Å². The van der Waals surface area contributed by atoms with Crippen LogP contribution in [-0.2, 0) is 9.53 Å². The molecule has 0 bridgehead atoms. The van der Waals surface area contributed by atoms with E-state index >= 15 is 0 Å². The fraction of sp³-hybridized carbons (Fsp3) is 0.0455. The molecule has 0 atom stereocenters. The number of benzene rings is 2. The van der Waals surface area contributed by atoms with Crippen LogP contribution in [0.4, 0.5) is 0 Å². The quantitative estimate of drug-likeness (QED) is 0.375. The first-order chi connectivity index (χ1) is 15.0. The molecule has 1 aliphatic carbocycles. The van der Waals surface area contributed by atoms with E-state index in [1.807, 2.05) is 0 Å². The van der Waals surface area contributed by atoms with Gasteiger partial charge in [-0.3, -0.25) is 30.0 Å². The molecule has 1 heterocycles. The molecular weight excluding hydrogens is 420 g/mol. The standard InChI is InChI=1S/C22H14N2O6S/c25-17(23-24-21(28)16-9-4-10-31-16)11-30-22(29)15-8-3-7-14-18(15)20(27)13-6-2-1-5-12(13)19(14)26/h1-10H,11H2,(H,23,25)(H,24,28). The number of fused-ring (bicyclic) bond motifs is 2. The Kier molecular flexibility index (Phi) is 5.42. The van der Waals surface area contributed by atoms with E-state index in [2.05, 4.69) is 10.9 Å². The van der Waals surface area contributed by atoms with Gasteiger partial charge in [0.05, 0.1) is 10.4 Å². The molecule has 0 spiro atoms. The van der Waals surface area contributed by atoms with Gasteiger partial charge in [0.1, 0.15) is 0 Å². The number of hydrogen-bond donors (Lipinski definition) is 2. The van der Waals surface area contributed by atoms with Gasteiger partial charge in [0.2, 0.25) is 0 Å². The van der Waals surface area contributed by atoms with Crippen LogP contribution in [0.2, 0.25) is 0 Å². The predicted molar refractivity (Wildman–Crippen MR) is 110 cm³/mol. The molecule has 0 fully saturated rings. The van der Waals surface area contributed by atoms with Crippen molar-refractivity contribution < 1.29 is 28.7 Å². The molecule has 154 valence electrons. The van der Waals surface area contributed by atoms with Crippen molar-refractivity contribution in [2.45, 2.75) is 0 Å². The number of nitrogens with one attached hydrogen (secondary N) is 2. The molecule has 9 heteroatoms. The Morgan fingerprint density at radius 2 is 1.52 bits per heavy atom. The van der Waals surface area contributed by atoms with Gasteiger partial charge in [-0.2, -0.15) is 0 Å². The van der Waals surface area contributed by atoms with Crippen LogP contribution >= 0.6 is 11.3 Å². The van der Waals surface area contributed by atoms with Crippen molar-refractivity contribution in [2.75, 3.05) is 6.61 Å². The zero-order chi connectivity index (χ0) is 22.0. The normalized spacial score (nSPS) is 11.9. The van der Waals surface area contributed by atoms with Crippen LogP contribution in [0.5, 0.6) is 0 Å². The molecular formula is C22H14N2O6S. The Morgan fingerprint density at radius 1 is 0.806 bits per heavy atom. The fourth-order valence-electron chi connectivity index (χ4n) is 3.16. The van der Waals surface area contributed by atoms with E-state index < -0.39 is 30.2 Å². The molecule has 1 aliphatic rings. The predicted octanol–water partition coefficient (Wildman–Crippen LogP) is 2.14. The molecule has 2 N–H and O–H groups in total. The first-order valence-electron chi connectivity index (χ1n) is 9.08.